The van der Waals surface area contributed by atoms with E-state index in [1.54, 1.807) is 11.3 Å². The summed E-state index contributed by atoms with van der Waals surface area (Å²) in [6.07, 6.45) is 4.28. The summed E-state index contributed by atoms with van der Waals surface area (Å²) in [5.74, 6) is 0. The second kappa shape index (κ2) is 5.14. The van der Waals surface area contributed by atoms with E-state index in [9.17, 15) is 0 Å². The molecule has 2 nitrogen and oxygen atoms in total. The molecule has 0 atom stereocenters. The van der Waals surface area contributed by atoms with Crippen LogP contribution in [0.2, 0.25) is 0 Å². The molecule has 0 radical (unpaired) electrons. The van der Waals surface area contributed by atoms with Gasteiger partial charge in [0.25, 0.3) is 0 Å². The van der Waals surface area contributed by atoms with Crippen LogP contribution in [-0.4, -0.2) is 18.1 Å². The van der Waals surface area contributed by atoms with Gasteiger partial charge in [0.15, 0.2) is 0 Å². The SMILES string of the molecule is CCNCC=Cc1sc(C)nc1C. The van der Waals surface area contributed by atoms with Crippen molar-refractivity contribution < 1.29 is 0 Å². The zero-order valence-corrected chi connectivity index (χ0v) is 9.24. The Bertz CT molecular complexity index is 289. The molecule has 13 heavy (non-hydrogen) atoms. The van der Waals surface area contributed by atoms with Crippen molar-refractivity contribution in [3.8, 4) is 0 Å². The number of aromatic nitrogens is 1. The smallest absolute Gasteiger partial charge is 0.0903 e. The Labute approximate surface area is 83.7 Å². The Hall–Kier alpha value is -0.670. The summed E-state index contributed by atoms with van der Waals surface area (Å²) < 4.78 is 0. The van der Waals surface area contributed by atoms with Gasteiger partial charge >= 0.3 is 0 Å². The van der Waals surface area contributed by atoms with Crippen LogP contribution in [0.5, 0.6) is 0 Å². The quantitative estimate of drug-likeness (QED) is 0.748. The summed E-state index contributed by atoms with van der Waals surface area (Å²) in [5, 5.41) is 4.38. The molecule has 0 saturated heterocycles. The third-order valence-corrected chi connectivity index (χ3v) is 2.76. The molecular formula is C10H16N2S. The number of hydrogen-bond acceptors (Lipinski definition) is 3. The number of rotatable bonds is 4. The van der Waals surface area contributed by atoms with Gasteiger partial charge in [-0.25, -0.2) is 4.98 Å². The molecule has 72 valence electrons. The van der Waals surface area contributed by atoms with Gasteiger partial charge < -0.3 is 5.32 Å². The molecule has 0 aromatic carbocycles. The van der Waals surface area contributed by atoms with E-state index in [1.165, 1.54) is 4.88 Å². The average Bonchev–Trinajstić information content (AvgIpc) is 2.39. The maximum Gasteiger partial charge on any atom is 0.0903 e. The fraction of sp³-hybridized carbons (Fsp3) is 0.500. The third kappa shape index (κ3) is 3.28. The van der Waals surface area contributed by atoms with Crippen LogP contribution in [0.25, 0.3) is 6.08 Å². The highest BCUT2D eigenvalue weighted by Gasteiger charge is 1.99. The maximum atomic E-state index is 4.36. The minimum atomic E-state index is 0.937. The third-order valence-electron chi connectivity index (χ3n) is 1.72. The topological polar surface area (TPSA) is 24.9 Å². The first kappa shape index (κ1) is 10.4. The van der Waals surface area contributed by atoms with Crippen molar-refractivity contribution in [1.82, 2.24) is 10.3 Å². The lowest BCUT2D eigenvalue weighted by Crippen LogP contribution is -2.11. The van der Waals surface area contributed by atoms with Gasteiger partial charge in [0.05, 0.1) is 10.7 Å². The second-order valence-electron chi connectivity index (χ2n) is 2.89. The Morgan fingerprint density at radius 3 is 2.77 bits per heavy atom. The highest BCUT2D eigenvalue weighted by molar-refractivity contribution is 7.12. The van der Waals surface area contributed by atoms with Crippen molar-refractivity contribution >= 4 is 17.4 Å². The standard InChI is InChI=1S/C10H16N2S/c1-4-11-7-5-6-10-8(2)12-9(3)13-10/h5-6,11H,4,7H2,1-3H3. The van der Waals surface area contributed by atoms with E-state index in [4.69, 9.17) is 0 Å². The van der Waals surface area contributed by atoms with Gasteiger partial charge in [-0.1, -0.05) is 13.0 Å². The minimum absolute atomic E-state index is 0.937. The van der Waals surface area contributed by atoms with Crippen LogP contribution in [0.15, 0.2) is 6.08 Å². The molecule has 0 fully saturated rings. The molecule has 0 amide bonds. The predicted octanol–water partition coefficient (Wildman–Crippen LogP) is 2.38. The summed E-state index contributed by atoms with van der Waals surface area (Å²) in [7, 11) is 0. The van der Waals surface area contributed by atoms with Crippen molar-refractivity contribution in [3.05, 3.63) is 21.7 Å². The van der Waals surface area contributed by atoms with Gasteiger partial charge in [-0.15, -0.1) is 11.3 Å². The fourth-order valence-corrected chi connectivity index (χ4v) is 1.95. The van der Waals surface area contributed by atoms with Crippen LogP contribution >= 0.6 is 11.3 Å². The van der Waals surface area contributed by atoms with Crippen molar-refractivity contribution in [1.29, 1.82) is 0 Å². The summed E-state index contributed by atoms with van der Waals surface area (Å²) in [6, 6.07) is 0. The summed E-state index contributed by atoms with van der Waals surface area (Å²) in [6.45, 7) is 8.16. The lowest BCUT2D eigenvalue weighted by atomic mass is 10.3. The van der Waals surface area contributed by atoms with Gasteiger partial charge in [0, 0.05) is 11.4 Å². The van der Waals surface area contributed by atoms with E-state index >= 15 is 0 Å². The highest BCUT2D eigenvalue weighted by atomic mass is 32.1. The van der Waals surface area contributed by atoms with Crippen molar-refractivity contribution in [3.63, 3.8) is 0 Å². The van der Waals surface area contributed by atoms with Crippen LogP contribution in [0.1, 0.15) is 22.5 Å². The van der Waals surface area contributed by atoms with E-state index in [0.717, 1.165) is 23.8 Å². The molecule has 1 rings (SSSR count). The minimum Gasteiger partial charge on any atom is -0.314 e. The van der Waals surface area contributed by atoms with Crippen LogP contribution in [0, 0.1) is 13.8 Å². The molecule has 0 spiro atoms. The molecule has 0 aliphatic heterocycles. The Kier molecular flexibility index (Phi) is 4.12. The summed E-state index contributed by atoms with van der Waals surface area (Å²) in [4.78, 5) is 5.63. The van der Waals surface area contributed by atoms with Gasteiger partial charge in [0.2, 0.25) is 0 Å². The van der Waals surface area contributed by atoms with Crippen molar-refractivity contribution in [2.75, 3.05) is 13.1 Å². The van der Waals surface area contributed by atoms with E-state index < -0.39 is 0 Å². The normalized spacial score (nSPS) is 11.3. The monoisotopic (exact) mass is 196 g/mol. The van der Waals surface area contributed by atoms with Crippen molar-refractivity contribution in [2.45, 2.75) is 20.8 Å². The van der Waals surface area contributed by atoms with Gasteiger partial charge in [-0.05, 0) is 26.5 Å². The van der Waals surface area contributed by atoms with Crippen LogP contribution in [0.3, 0.4) is 0 Å². The van der Waals surface area contributed by atoms with Crippen LogP contribution in [-0.2, 0) is 0 Å². The van der Waals surface area contributed by atoms with E-state index in [0.29, 0.717) is 0 Å². The summed E-state index contributed by atoms with van der Waals surface area (Å²) in [5.41, 5.74) is 1.13. The lowest BCUT2D eigenvalue weighted by Gasteiger charge is -1.92. The molecule has 0 unspecified atom stereocenters. The van der Waals surface area contributed by atoms with Crippen molar-refractivity contribution in [2.24, 2.45) is 0 Å². The first-order valence-corrected chi connectivity index (χ1v) is 5.37. The highest BCUT2D eigenvalue weighted by Crippen LogP contribution is 2.18. The number of aryl methyl sites for hydroxylation is 2. The number of thiazole rings is 1. The van der Waals surface area contributed by atoms with Gasteiger partial charge in [0.1, 0.15) is 0 Å². The molecule has 1 aromatic heterocycles. The average molecular weight is 196 g/mol. The molecule has 0 aliphatic carbocycles. The van der Waals surface area contributed by atoms with Crippen LogP contribution < -0.4 is 5.32 Å². The number of likely N-dealkylation sites (N-methyl/N-ethyl adjacent to an activating group) is 1. The largest absolute Gasteiger partial charge is 0.314 e. The van der Waals surface area contributed by atoms with E-state index in [2.05, 4.69) is 36.3 Å². The zero-order valence-electron chi connectivity index (χ0n) is 8.42. The maximum absolute atomic E-state index is 4.36. The van der Waals surface area contributed by atoms with Gasteiger partial charge in [-0.2, -0.15) is 0 Å². The second-order valence-corrected chi connectivity index (χ2v) is 4.13. The lowest BCUT2D eigenvalue weighted by molar-refractivity contribution is 0.801. The predicted molar refractivity (Wildman–Crippen MR) is 59.2 cm³/mol. The fourth-order valence-electron chi connectivity index (χ4n) is 1.10. The molecule has 3 heteroatoms. The van der Waals surface area contributed by atoms with Crippen LogP contribution in [0.4, 0.5) is 0 Å². The Balaban J connectivity index is 2.53. The molecule has 1 heterocycles. The molecule has 0 saturated carbocycles. The van der Waals surface area contributed by atoms with E-state index in [-0.39, 0.29) is 0 Å². The first-order chi connectivity index (χ1) is 6.24. The number of nitrogens with one attached hydrogen (secondary N) is 1. The number of nitrogens with zero attached hydrogens (tertiary/aromatic N) is 1. The number of hydrogen-bond donors (Lipinski definition) is 1. The summed E-state index contributed by atoms with van der Waals surface area (Å²) >= 11 is 1.75. The first-order valence-electron chi connectivity index (χ1n) is 4.55. The molecule has 1 N–H and O–H groups in total. The molecule has 0 bridgehead atoms. The van der Waals surface area contributed by atoms with Gasteiger partial charge in [-0.3, -0.25) is 0 Å². The molecular weight excluding hydrogens is 180 g/mol. The zero-order chi connectivity index (χ0) is 9.68. The van der Waals surface area contributed by atoms with E-state index in [1.807, 2.05) is 6.92 Å². The molecule has 1 aromatic rings. The Morgan fingerprint density at radius 2 is 2.23 bits per heavy atom. The Morgan fingerprint density at radius 1 is 1.46 bits per heavy atom. The molecule has 0 aliphatic rings.